The zero-order chi connectivity index (χ0) is 12.6. The van der Waals surface area contributed by atoms with E-state index in [4.69, 9.17) is 9.84 Å². The number of fused-ring (bicyclic) bond motifs is 1. The lowest BCUT2D eigenvalue weighted by Gasteiger charge is -2.12. The molecular weight excluding hydrogens is 218 g/mol. The van der Waals surface area contributed by atoms with Crippen molar-refractivity contribution >= 4 is 16.9 Å². The van der Waals surface area contributed by atoms with E-state index in [1.54, 1.807) is 12.1 Å². The average Bonchev–Trinajstić information content (AvgIpc) is 2.60. The fraction of sp³-hybridized carbons (Fsp3) is 0.308. The molecule has 1 N–H and O–H groups in total. The summed E-state index contributed by atoms with van der Waals surface area (Å²) in [5.74, 6) is -0.322. The van der Waals surface area contributed by atoms with Crippen LogP contribution >= 0.6 is 0 Å². The zero-order valence-corrected chi connectivity index (χ0v) is 10.1. The van der Waals surface area contributed by atoms with Gasteiger partial charge >= 0.3 is 5.97 Å². The maximum Gasteiger partial charge on any atom is 0.335 e. The molecule has 0 saturated carbocycles. The van der Waals surface area contributed by atoms with Crippen LogP contribution in [0.15, 0.2) is 24.4 Å². The molecule has 0 amide bonds. The van der Waals surface area contributed by atoms with E-state index in [1.807, 2.05) is 37.7 Å². The standard InChI is InChI=1S/C13H15NO3/c1-8(2)17-12-7-9(13(15)16)6-11-10(12)4-5-14(11)3/h4-8H,1-3H3,(H,15,16). The highest BCUT2D eigenvalue weighted by atomic mass is 16.5. The summed E-state index contributed by atoms with van der Waals surface area (Å²) in [6, 6.07) is 5.16. The van der Waals surface area contributed by atoms with Crippen molar-refractivity contribution in [2.45, 2.75) is 20.0 Å². The molecule has 2 aromatic rings. The van der Waals surface area contributed by atoms with Crippen molar-refractivity contribution in [2.24, 2.45) is 7.05 Å². The number of carbonyl (C=O) groups is 1. The minimum Gasteiger partial charge on any atom is -0.490 e. The maximum absolute atomic E-state index is 11.1. The Bertz CT molecular complexity index is 569. The fourth-order valence-electron chi connectivity index (χ4n) is 1.81. The Labute approximate surface area is 99.4 Å². The third-order valence-electron chi connectivity index (χ3n) is 2.57. The van der Waals surface area contributed by atoms with Crippen LogP contribution in [0.5, 0.6) is 5.75 Å². The summed E-state index contributed by atoms with van der Waals surface area (Å²) < 4.78 is 7.54. The molecule has 1 aromatic carbocycles. The van der Waals surface area contributed by atoms with E-state index in [-0.39, 0.29) is 11.7 Å². The van der Waals surface area contributed by atoms with Gasteiger partial charge in [0.05, 0.1) is 17.2 Å². The number of aromatic nitrogens is 1. The summed E-state index contributed by atoms with van der Waals surface area (Å²) in [5, 5.41) is 10.0. The molecule has 2 rings (SSSR count). The maximum atomic E-state index is 11.1. The van der Waals surface area contributed by atoms with Crippen molar-refractivity contribution in [3.8, 4) is 5.75 Å². The van der Waals surface area contributed by atoms with E-state index >= 15 is 0 Å². The third-order valence-corrected chi connectivity index (χ3v) is 2.57. The number of aryl methyl sites for hydroxylation is 1. The number of ether oxygens (including phenoxy) is 1. The monoisotopic (exact) mass is 233 g/mol. The number of carboxylic acids is 1. The number of nitrogens with zero attached hydrogens (tertiary/aromatic N) is 1. The van der Waals surface area contributed by atoms with Gasteiger partial charge < -0.3 is 14.4 Å². The van der Waals surface area contributed by atoms with Gasteiger partial charge in [-0.3, -0.25) is 0 Å². The Balaban J connectivity index is 2.66. The molecule has 17 heavy (non-hydrogen) atoms. The van der Waals surface area contributed by atoms with E-state index in [0.29, 0.717) is 5.75 Å². The molecule has 0 radical (unpaired) electrons. The molecule has 0 unspecified atom stereocenters. The van der Waals surface area contributed by atoms with E-state index in [9.17, 15) is 4.79 Å². The Morgan fingerprint density at radius 3 is 2.71 bits per heavy atom. The van der Waals surface area contributed by atoms with Gasteiger partial charge in [-0.15, -0.1) is 0 Å². The first-order valence-electron chi connectivity index (χ1n) is 5.48. The second-order valence-corrected chi connectivity index (χ2v) is 4.31. The van der Waals surface area contributed by atoms with E-state index in [2.05, 4.69) is 0 Å². The van der Waals surface area contributed by atoms with Crippen molar-refractivity contribution in [1.82, 2.24) is 4.57 Å². The second kappa shape index (κ2) is 4.13. The third kappa shape index (κ3) is 2.11. The highest BCUT2D eigenvalue weighted by Crippen LogP contribution is 2.29. The van der Waals surface area contributed by atoms with Crippen molar-refractivity contribution in [1.29, 1.82) is 0 Å². The topological polar surface area (TPSA) is 51.5 Å². The smallest absolute Gasteiger partial charge is 0.335 e. The molecule has 0 aliphatic carbocycles. The lowest BCUT2D eigenvalue weighted by Crippen LogP contribution is -2.07. The van der Waals surface area contributed by atoms with Gasteiger partial charge in [-0.2, -0.15) is 0 Å². The molecule has 90 valence electrons. The molecule has 0 saturated heterocycles. The highest BCUT2D eigenvalue weighted by molar-refractivity contribution is 5.96. The second-order valence-electron chi connectivity index (χ2n) is 4.31. The first kappa shape index (κ1) is 11.5. The molecular formula is C13H15NO3. The van der Waals surface area contributed by atoms with Crippen LogP contribution in [-0.2, 0) is 7.05 Å². The minimum absolute atomic E-state index is 0.0162. The summed E-state index contributed by atoms with van der Waals surface area (Å²) >= 11 is 0. The van der Waals surface area contributed by atoms with Crippen LogP contribution in [0, 0.1) is 0 Å². The number of aromatic carboxylic acids is 1. The van der Waals surface area contributed by atoms with Gasteiger partial charge in [-0.25, -0.2) is 4.79 Å². The average molecular weight is 233 g/mol. The Hall–Kier alpha value is -1.97. The number of hydrogen-bond donors (Lipinski definition) is 1. The van der Waals surface area contributed by atoms with Gasteiger partial charge in [0.15, 0.2) is 0 Å². The number of hydrogen-bond acceptors (Lipinski definition) is 2. The SMILES string of the molecule is CC(C)Oc1cc(C(=O)O)cc2c1ccn2C. The lowest BCUT2D eigenvalue weighted by molar-refractivity contribution is 0.0696. The lowest BCUT2D eigenvalue weighted by atomic mass is 10.1. The van der Waals surface area contributed by atoms with Crippen molar-refractivity contribution in [2.75, 3.05) is 0 Å². The molecule has 0 bridgehead atoms. The van der Waals surface area contributed by atoms with Gasteiger partial charge in [-0.1, -0.05) is 0 Å². The Morgan fingerprint density at radius 2 is 2.12 bits per heavy atom. The zero-order valence-electron chi connectivity index (χ0n) is 10.1. The molecule has 4 nitrogen and oxygen atoms in total. The van der Waals surface area contributed by atoms with E-state index in [0.717, 1.165) is 10.9 Å². The van der Waals surface area contributed by atoms with E-state index in [1.165, 1.54) is 0 Å². The van der Waals surface area contributed by atoms with Gasteiger partial charge in [-0.05, 0) is 32.0 Å². The van der Waals surface area contributed by atoms with Gasteiger partial charge in [0.1, 0.15) is 5.75 Å². The molecule has 0 spiro atoms. The minimum atomic E-state index is -0.943. The first-order valence-corrected chi connectivity index (χ1v) is 5.48. The van der Waals surface area contributed by atoms with Crippen LogP contribution < -0.4 is 4.74 Å². The molecule has 4 heteroatoms. The van der Waals surface area contributed by atoms with E-state index < -0.39 is 5.97 Å². The van der Waals surface area contributed by atoms with Crippen LogP contribution in [0.4, 0.5) is 0 Å². The molecule has 1 aromatic heterocycles. The summed E-state index contributed by atoms with van der Waals surface area (Å²) in [5.41, 5.74) is 1.11. The van der Waals surface area contributed by atoms with Gasteiger partial charge in [0, 0.05) is 18.6 Å². The molecule has 0 fully saturated rings. The predicted octanol–water partition coefficient (Wildman–Crippen LogP) is 2.66. The largest absolute Gasteiger partial charge is 0.490 e. The highest BCUT2D eigenvalue weighted by Gasteiger charge is 2.12. The summed E-state index contributed by atoms with van der Waals surface area (Å²) in [7, 11) is 1.88. The van der Waals surface area contributed by atoms with Crippen LogP contribution in [0.3, 0.4) is 0 Å². The van der Waals surface area contributed by atoms with Gasteiger partial charge in [0.25, 0.3) is 0 Å². The first-order chi connectivity index (χ1) is 7.99. The molecule has 0 atom stereocenters. The normalized spacial score (nSPS) is 11.1. The summed E-state index contributed by atoms with van der Waals surface area (Å²) in [4.78, 5) is 11.1. The number of rotatable bonds is 3. The van der Waals surface area contributed by atoms with Crippen LogP contribution in [-0.4, -0.2) is 21.7 Å². The summed E-state index contributed by atoms with van der Waals surface area (Å²) in [6.45, 7) is 3.84. The summed E-state index contributed by atoms with van der Waals surface area (Å²) in [6.07, 6.45) is 1.91. The van der Waals surface area contributed by atoms with Crippen LogP contribution in [0.25, 0.3) is 10.9 Å². The van der Waals surface area contributed by atoms with Crippen LogP contribution in [0.1, 0.15) is 24.2 Å². The molecule has 0 aliphatic rings. The molecule has 0 aliphatic heterocycles. The number of benzene rings is 1. The number of carboxylic acid groups (broad SMARTS) is 1. The van der Waals surface area contributed by atoms with Crippen LogP contribution in [0.2, 0.25) is 0 Å². The van der Waals surface area contributed by atoms with Crippen molar-refractivity contribution < 1.29 is 14.6 Å². The Kier molecular flexibility index (Phi) is 2.79. The van der Waals surface area contributed by atoms with Crippen molar-refractivity contribution in [3.05, 3.63) is 30.0 Å². The van der Waals surface area contributed by atoms with Crippen molar-refractivity contribution in [3.63, 3.8) is 0 Å². The fourth-order valence-corrected chi connectivity index (χ4v) is 1.81. The predicted molar refractivity (Wildman–Crippen MR) is 65.6 cm³/mol. The quantitative estimate of drug-likeness (QED) is 0.886. The Morgan fingerprint density at radius 1 is 1.41 bits per heavy atom. The molecule has 1 heterocycles. The van der Waals surface area contributed by atoms with Gasteiger partial charge in [0.2, 0.25) is 0 Å².